The average Bonchev–Trinajstić information content (AvgIpc) is 2.99. The van der Waals surface area contributed by atoms with E-state index in [1.165, 1.54) is 64.2 Å². The van der Waals surface area contributed by atoms with E-state index in [0.717, 1.165) is 35.1 Å². The molecule has 0 spiro atoms. The zero-order chi connectivity index (χ0) is 30.1. The fourth-order valence-corrected chi connectivity index (χ4v) is 9.99. The molecule has 0 aromatic heterocycles. The van der Waals surface area contributed by atoms with E-state index in [1.807, 2.05) is 49.6 Å². The number of benzene rings is 2. The van der Waals surface area contributed by atoms with Gasteiger partial charge in [-0.2, -0.15) is 11.8 Å². The monoisotopic (exact) mass is 629 g/mol. The summed E-state index contributed by atoms with van der Waals surface area (Å²) >= 11 is 6.36. The molecule has 0 radical (unpaired) electrons. The molecule has 2 fully saturated rings. The molecule has 8 heteroatoms. The summed E-state index contributed by atoms with van der Waals surface area (Å²) in [6.45, 7) is 2.03. The smallest absolute Gasteiger partial charge is 0.326 e. The molecule has 0 bridgehead atoms. The lowest BCUT2D eigenvalue weighted by atomic mass is 9.73. The van der Waals surface area contributed by atoms with Gasteiger partial charge >= 0.3 is 5.97 Å². The van der Waals surface area contributed by atoms with E-state index >= 15 is 0 Å². The van der Waals surface area contributed by atoms with Crippen molar-refractivity contribution in [2.24, 2.45) is 11.8 Å². The van der Waals surface area contributed by atoms with Gasteiger partial charge < -0.3 is 15.0 Å². The van der Waals surface area contributed by atoms with E-state index < -0.39 is 30.1 Å². The topological polar surface area (TPSA) is 83.5 Å². The van der Waals surface area contributed by atoms with Gasteiger partial charge in [-0.1, -0.05) is 94.5 Å². The number of carboxylic acid groups (broad SMARTS) is 1. The van der Waals surface area contributed by atoms with Gasteiger partial charge in [-0.25, -0.2) is 4.79 Å². The molecule has 4 rings (SSSR count). The number of amides is 1. The zero-order valence-electron chi connectivity index (χ0n) is 25.2. The Labute approximate surface area is 262 Å². The second-order valence-corrected chi connectivity index (χ2v) is 16.3. The van der Waals surface area contributed by atoms with Crippen molar-refractivity contribution in [1.82, 2.24) is 5.32 Å². The number of aliphatic carboxylic acids is 1. The molecular weight excluding hydrogens is 581 g/mol. The Morgan fingerprint density at radius 3 is 2.10 bits per heavy atom. The van der Waals surface area contributed by atoms with Crippen LogP contribution in [0, 0.1) is 18.8 Å². The maximum absolute atomic E-state index is 14.0. The minimum absolute atomic E-state index is 0.355. The summed E-state index contributed by atoms with van der Waals surface area (Å²) in [5, 5.41) is 12.0. The van der Waals surface area contributed by atoms with Crippen LogP contribution in [0.25, 0.3) is 11.1 Å². The third-order valence-corrected chi connectivity index (χ3v) is 13.0. The van der Waals surface area contributed by atoms with Crippen LogP contribution in [-0.4, -0.2) is 35.0 Å². The Hall–Kier alpha value is -1.69. The summed E-state index contributed by atoms with van der Waals surface area (Å²) in [6.07, 6.45) is 16.2. The molecule has 2 N–H and O–H groups in total. The number of hydrogen-bond acceptors (Lipinski definition) is 4. The average molecular weight is 630 g/mol. The van der Waals surface area contributed by atoms with Crippen LogP contribution in [0.2, 0.25) is 0 Å². The number of rotatable bonds is 13. The van der Waals surface area contributed by atoms with Crippen molar-refractivity contribution < 1.29 is 19.3 Å². The lowest BCUT2D eigenvalue weighted by Crippen LogP contribution is -2.41. The normalized spacial score (nSPS) is 18.4. The number of carbonyl (C=O) groups excluding carboxylic acids is 1. The first-order chi connectivity index (χ1) is 20.2. The van der Waals surface area contributed by atoms with Gasteiger partial charge in [-0.05, 0) is 84.4 Å². The third-order valence-electron chi connectivity index (χ3n) is 9.60. The molecule has 2 aromatic carbocycles. The van der Waals surface area contributed by atoms with Crippen molar-refractivity contribution in [2.75, 3.05) is 12.0 Å². The van der Waals surface area contributed by atoms with Crippen LogP contribution in [0.5, 0.6) is 0 Å². The van der Waals surface area contributed by atoms with E-state index in [9.17, 15) is 19.3 Å². The molecule has 1 amide bonds. The number of thioether (sulfide) groups is 1. The van der Waals surface area contributed by atoms with Crippen molar-refractivity contribution in [3.05, 3.63) is 59.2 Å². The number of thiol groups is 1. The van der Waals surface area contributed by atoms with Gasteiger partial charge in [-0.3, -0.25) is 4.79 Å². The first-order valence-electron chi connectivity index (χ1n) is 15.7. The molecule has 230 valence electrons. The molecule has 0 aliphatic heterocycles. The Bertz CT molecular complexity index is 1220. The SMILES string of the molecule is CSCC[C@H](NC(=O)c1ccc(C(CC2CCCCC2)(CC2CCCCC2)[PH](=O)S)cc1-c1ccccc1C)C(=O)O. The number of carbonyl (C=O) groups is 2. The van der Waals surface area contributed by atoms with Gasteiger partial charge in [0.1, 0.15) is 13.0 Å². The third kappa shape index (κ3) is 8.27. The molecule has 2 aromatic rings. The fourth-order valence-electron chi connectivity index (χ4n) is 7.25. The molecule has 2 aliphatic rings. The van der Waals surface area contributed by atoms with Crippen LogP contribution >= 0.6 is 31.0 Å². The summed E-state index contributed by atoms with van der Waals surface area (Å²) in [4.78, 5) is 25.7. The van der Waals surface area contributed by atoms with E-state index in [4.69, 9.17) is 12.2 Å². The first-order valence-corrected chi connectivity index (χ1v) is 19.8. The van der Waals surface area contributed by atoms with Crippen LogP contribution in [0.1, 0.15) is 105 Å². The maximum atomic E-state index is 14.0. The Balaban J connectivity index is 1.81. The van der Waals surface area contributed by atoms with E-state index in [0.29, 0.717) is 29.6 Å². The molecule has 0 heterocycles. The summed E-state index contributed by atoms with van der Waals surface area (Å²) in [7, 11) is -2.30. The van der Waals surface area contributed by atoms with Gasteiger partial charge in [0.15, 0.2) is 0 Å². The standard InChI is InChI=1S/C34H48NO4PS2/c1-24-11-9-10-16-28(24)30-21-27(17-18-29(30)32(36)35-31(33(37)38)19-20-42-2)34(40(39)41,22-25-12-5-3-6-13-25)23-26-14-7-4-8-15-26/h9-11,16-18,21,25-26,31,40H,3-8,12-15,19-20,22-23H2,1-2H3,(H,35,36)(H,37,38)(H,39,41)/t31-/m0/s1. The van der Waals surface area contributed by atoms with E-state index in [1.54, 1.807) is 11.8 Å². The van der Waals surface area contributed by atoms with Crippen LogP contribution in [-0.2, 0) is 14.5 Å². The van der Waals surface area contributed by atoms with Gasteiger partial charge in [0.2, 0.25) is 0 Å². The Morgan fingerprint density at radius 1 is 0.976 bits per heavy atom. The van der Waals surface area contributed by atoms with Crippen LogP contribution < -0.4 is 5.32 Å². The van der Waals surface area contributed by atoms with Crippen LogP contribution in [0.4, 0.5) is 0 Å². The van der Waals surface area contributed by atoms with Crippen LogP contribution in [0.3, 0.4) is 0 Å². The van der Waals surface area contributed by atoms with Crippen molar-refractivity contribution >= 4 is 42.9 Å². The van der Waals surface area contributed by atoms with Crippen molar-refractivity contribution in [3.8, 4) is 11.1 Å². The van der Waals surface area contributed by atoms with E-state index in [2.05, 4.69) is 11.4 Å². The Kier molecular flexibility index (Phi) is 12.5. The first kappa shape index (κ1) is 33.2. The number of hydrogen-bond donors (Lipinski definition) is 3. The highest BCUT2D eigenvalue weighted by molar-refractivity contribution is 8.40. The van der Waals surface area contributed by atoms with E-state index in [-0.39, 0.29) is 0 Å². The van der Waals surface area contributed by atoms with Gasteiger partial charge in [0, 0.05) is 5.56 Å². The predicted molar refractivity (Wildman–Crippen MR) is 181 cm³/mol. The summed E-state index contributed by atoms with van der Waals surface area (Å²) in [5.41, 5.74) is 4.20. The lowest BCUT2D eigenvalue weighted by Gasteiger charge is -2.40. The number of carboxylic acids is 1. The largest absolute Gasteiger partial charge is 0.480 e. The molecule has 42 heavy (non-hydrogen) atoms. The highest BCUT2D eigenvalue weighted by atomic mass is 32.7. The highest BCUT2D eigenvalue weighted by Crippen LogP contribution is 2.60. The summed E-state index contributed by atoms with van der Waals surface area (Å²) in [5.74, 6) is 0.278. The Morgan fingerprint density at radius 2 is 1.57 bits per heavy atom. The van der Waals surface area contributed by atoms with Crippen molar-refractivity contribution in [1.29, 1.82) is 0 Å². The summed E-state index contributed by atoms with van der Waals surface area (Å²) < 4.78 is 14.0. The molecule has 5 nitrogen and oxygen atoms in total. The molecular formula is C34H48NO4PS2. The van der Waals surface area contributed by atoms with Crippen molar-refractivity contribution in [3.63, 3.8) is 0 Å². The molecule has 0 saturated heterocycles. The maximum Gasteiger partial charge on any atom is 0.326 e. The van der Waals surface area contributed by atoms with Gasteiger partial charge in [-0.15, -0.1) is 12.2 Å². The second kappa shape index (κ2) is 15.9. The van der Waals surface area contributed by atoms with Gasteiger partial charge in [0.25, 0.3) is 5.91 Å². The highest BCUT2D eigenvalue weighted by Gasteiger charge is 2.42. The number of aryl methyl sites for hydroxylation is 1. The molecule has 2 aliphatic carbocycles. The minimum atomic E-state index is -2.30. The molecule has 2 atom stereocenters. The molecule has 2 saturated carbocycles. The quantitative estimate of drug-likeness (QED) is 0.152. The fraction of sp³-hybridized carbons (Fsp3) is 0.588. The van der Waals surface area contributed by atoms with Crippen molar-refractivity contribution in [2.45, 2.75) is 102 Å². The summed E-state index contributed by atoms with van der Waals surface area (Å²) in [6, 6.07) is 13.0. The predicted octanol–water partition coefficient (Wildman–Crippen LogP) is 9.14. The lowest BCUT2D eigenvalue weighted by molar-refractivity contribution is -0.139. The minimum Gasteiger partial charge on any atom is -0.480 e. The van der Waals surface area contributed by atoms with Crippen LogP contribution in [0.15, 0.2) is 42.5 Å². The van der Waals surface area contributed by atoms with Gasteiger partial charge in [0.05, 0.1) is 5.16 Å². The zero-order valence-corrected chi connectivity index (χ0v) is 27.9. The second-order valence-electron chi connectivity index (χ2n) is 12.5. The number of nitrogens with one attached hydrogen (secondary N) is 1. The molecule has 1 unspecified atom stereocenters.